The van der Waals surface area contributed by atoms with E-state index in [2.05, 4.69) is 0 Å². The van der Waals surface area contributed by atoms with Crippen LogP contribution >= 0.6 is 11.6 Å². The number of hydrogen-bond acceptors (Lipinski definition) is 7. The second-order valence-electron chi connectivity index (χ2n) is 7.53. The molecule has 3 aromatic rings. The number of carbonyl (C=O) groups excluding carboxylic acids is 1. The predicted octanol–water partition coefficient (Wildman–Crippen LogP) is 3.30. The molecule has 2 heterocycles. The van der Waals surface area contributed by atoms with Gasteiger partial charge in [-0.3, -0.25) is 4.79 Å². The van der Waals surface area contributed by atoms with E-state index in [0.29, 0.717) is 35.4 Å². The number of esters is 1. The number of benzene rings is 2. The smallest absolute Gasteiger partial charge is 0.336 e. The normalized spacial score (nSPS) is 17.3. The zero-order valence-electron chi connectivity index (χ0n) is 16.9. The summed E-state index contributed by atoms with van der Waals surface area (Å²) in [4.78, 5) is 24.6. The standard InChI is InChI=1S/C22H20ClNO7S/c23-16-3-6-18(7-4-16)32(28,29)24-9-1-2-14(12-24)22(27)30-13-15-10-21(26)31-20-11-17(25)5-8-19(15)20/h3-8,10-11,14,25H,1-2,9,12-13H2/t14-/m1/s1. The van der Waals surface area contributed by atoms with Crippen molar-refractivity contribution in [3.63, 3.8) is 0 Å². The van der Waals surface area contributed by atoms with Crippen molar-refractivity contribution in [1.29, 1.82) is 0 Å². The Kier molecular flexibility index (Phi) is 6.23. The van der Waals surface area contributed by atoms with Crippen LogP contribution in [0.15, 0.2) is 62.6 Å². The Morgan fingerprint density at radius 3 is 2.69 bits per heavy atom. The van der Waals surface area contributed by atoms with Crippen molar-refractivity contribution in [2.24, 2.45) is 5.92 Å². The molecular formula is C22H20ClNO7S. The molecule has 4 rings (SSSR count). The molecule has 1 aliphatic heterocycles. The minimum atomic E-state index is -3.76. The van der Waals surface area contributed by atoms with Crippen molar-refractivity contribution in [3.8, 4) is 5.75 Å². The number of rotatable bonds is 5. The van der Waals surface area contributed by atoms with Crippen molar-refractivity contribution in [3.05, 3.63) is 69.5 Å². The largest absolute Gasteiger partial charge is 0.508 e. The molecule has 1 atom stereocenters. The van der Waals surface area contributed by atoms with Gasteiger partial charge >= 0.3 is 11.6 Å². The summed E-state index contributed by atoms with van der Waals surface area (Å²) in [6, 6.07) is 11.4. The highest BCUT2D eigenvalue weighted by atomic mass is 35.5. The van der Waals surface area contributed by atoms with Gasteiger partial charge in [0.15, 0.2) is 0 Å². The van der Waals surface area contributed by atoms with Crippen LogP contribution in [-0.4, -0.2) is 36.9 Å². The topological polar surface area (TPSA) is 114 Å². The maximum absolute atomic E-state index is 12.9. The summed E-state index contributed by atoms with van der Waals surface area (Å²) >= 11 is 5.84. The van der Waals surface area contributed by atoms with Crippen molar-refractivity contribution >= 4 is 38.6 Å². The van der Waals surface area contributed by atoms with Gasteiger partial charge in [0.05, 0.1) is 10.8 Å². The molecule has 0 amide bonds. The lowest BCUT2D eigenvalue weighted by molar-refractivity contribution is -0.151. The molecule has 0 aliphatic carbocycles. The lowest BCUT2D eigenvalue weighted by Crippen LogP contribution is -2.42. The van der Waals surface area contributed by atoms with E-state index in [-0.39, 0.29) is 29.4 Å². The number of aromatic hydroxyl groups is 1. The quantitative estimate of drug-likeness (QED) is 0.443. The molecule has 0 unspecified atom stereocenters. The molecular weight excluding hydrogens is 458 g/mol. The number of carbonyl (C=O) groups is 1. The summed E-state index contributed by atoms with van der Waals surface area (Å²) in [5.41, 5.74) is -0.0143. The van der Waals surface area contributed by atoms with E-state index in [0.717, 1.165) is 0 Å². The Morgan fingerprint density at radius 1 is 1.19 bits per heavy atom. The maximum Gasteiger partial charge on any atom is 0.336 e. The third-order valence-electron chi connectivity index (χ3n) is 5.35. The predicted molar refractivity (Wildman–Crippen MR) is 117 cm³/mol. The van der Waals surface area contributed by atoms with Gasteiger partial charge in [-0.25, -0.2) is 13.2 Å². The third kappa shape index (κ3) is 4.64. The lowest BCUT2D eigenvalue weighted by atomic mass is 10.00. The number of hydrogen-bond donors (Lipinski definition) is 1. The Bertz CT molecular complexity index is 1320. The minimum Gasteiger partial charge on any atom is -0.508 e. The van der Waals surface area contributed by atoms with Gasteiger partial charge in [-0.15, -0.1) is 0 Å². The van der Waals surface area contributed by atoms with E-state index in [1.807, 2.05) is 0 Å². The zero-order valence-corrected chi connectivity index (χ0v) is 18.4. The van der Waals surface area contributed by atoms with Gasteiger partial charge in [-0.2, -0.15) is 4.31 Å². The van der Waals surface area contributed by atoms with Crippen LogP contribution in [0.5, 0.6) is 5.75 Å². The second kappa shape index (κ2) is 8.93. The van der Waals surface area contributed by atoms with Gasteiger partial charge in [0, 0.05) is 41.2 Å². The van der Waals surface area contributed by atoms with E-state index >= 15 is 0 Å². The van der Waals surface area contributed by atoms with Crippen molar-refractivity contribution in [2.75, 3.05) is 13.1 Å². The maximum atomic E-state index is 12.9. The Morgan fingerprint density at radius 2 is 1.94 bits per heavy atom. The van der Waals surface area contributed by atoms with Crippen LogP contribution in [-0.2, 0) is 26.2 Å². The summed E-state index contributed by atoms with van der Waals surface area (Å²) in [7, 11) is -3.76. The SMILES string of the molecule is O=C(OCc1cc(=O)oc2cc(O)ccc12)[C@@H]1CCCN(S(=O)(=O)c2ccc(Cl)cc2)C1. The highest BCUT2D eigenvalue weighted by Crippen LogP contribution is 2.27. The van der Waals surface area contributed by atoms with Gasteiger partial charge in [0.25, 0.3) is 0 Å². The van der Waals surface area contributed by atoms with Crippen LogP contribution in [0.4, 0.5) is 0 Å². The van der Waals surface area contributed by atoms with Crippen LogP contribution in [0.3, 0.4) is 0 Å². The molecule has 0 spiro atoms. The number of nitrogens with zero attached hydrogens (tertiary/aromatic N) is 1. The summed E-state index contributed by atoms with van der Waals surface area (Å²) < 4.78 is 37.6. The van der Waals surface area contributed by atoms with Gasteiger partial charge < -0.3 is 14.3 Å². The molecule has 1 aliphatic rings. The number of ether oxygens (including phenoxy) is 1. The van der Waals surface area contributed by atoms with Crippen LogP contribution in [0, 0.1) is 5.92 Å². The summed E-state index contributed by atoms with van der Waals surface area (Å²) in [5, 5.41) is 10.5. The Balaban J connectivity index is 1.47. The first kappa shape index (κ1) is 22.3. The van der Waals surface area contributed by atoms with E-state index < -0.39 is 27.5 Å². The van der Waals surface area contributed by atoms with E-state index in [1.54, 1.807) is 6.07 Å². The van der Waals surface area contributed by atoms with Gasteiger partial charge in [0.1, 0.15) is 17.9 Å². The fourth-order valence-electron chi connectivity index (χ4n) is 3.71. The van der Waals surface area contributed by atoms with E-state index in [4.69, 9.17) is 20.8 Å². The molecule has 0 radical (unpaired) electrons. The molecule has 1 aromatic heterocycles. The van der Waals surface area contributed by atoms with Gasteiger partial charge in [-0.1, -0.05) is 11.6 Å². The van der Waals surface area contributed by atoms with Gasteiger partial charge in [-0.05, 0) is 49.2 Å². The third-order valence-corrected chi connectivity index (χ3v) is 7.48. The van der Waals surface area contributed by atoms with Crippen LogP contribution in [0.2, 0.25) is 5.02 Å². The number of fused-ring (bicyclic) bond motifs is 1. The van der Waals surface area contributed by atoms with Crippen LogP contribution < -0.4 is 5.63 Å². The van der Waals surface area contributed by atoms with E-state index in [9.17, 15) is 23.1 Å². The number of phenolic OH excluding ortho intramolecular Hbond substituents is 1. The first-order valence-electron chi connectivity index (χ1n) is 9.92. The second-order valence-corrected chi connectivity index (χ2v) is 9.91. The molecule has 1 N–H and O–H groups in total. The van der Waals surface area contributed by atoms with Crippen molar-refractivity contribution < 1.29 is 27.5 Å². The van der Waals surface area contributed by atoms with Gasteiger partial charge in [0.2, 0.25) is 10.0 Å². The summed E-state index contributed by atoms with van der Waals surface area (Å²) in [6.45, 7) is 0.143. The first-order valence-corrected chi connectivity index (χ1v) is 11.7. The highest BCUT2D eigenvalue weighted by Gasteiger charge is 2.34. The number of sulfonamides is 1. The van der Waals surface area contributed by atoms with Crippen LogP contribution in [0.25, 0.3) is 11.0 Å². The zero-order chi connectivity index (χ0) is 22.9. The molecule has 8 nitrogen and oxygen atoms in total. The fourth-order valence-corrected chi connectivity index (χ4v) is 5.36. The first-order chi connectivity index (χ1) is 15.2. The fraction of sp³-hybridized carbons (Fsp3) is 0.273. The number of phenols is 1. The molecule has 168 valence electrons. The molecule has 32 heavy (non-hydrogen) atoms. The Hall–Kier alpha value is -2.88. The van der Waals surface area contributed by atoms with E-state index in [1.165, 1.54) is 46.8 Å². The molecule has 1 saturated heterocycles. The monoisotopic (exact) mass is 477 g/mol. The number of piperidine rings is 1. The molecule has 1 fully saturated rings. The highest BCUT2D eigenvalue weighted by molar-refractivity contribution is 7.89. The average Bonchev–Trinajstić information content (AvgIpc) is 2.77. The van der Waals surface area contributed by atoms with Crippen molar-refractivity contribution in [1.82, 2.24) is 4.31 Å². The average molecular weight is 478 g/mol. The summed E-state index contributed by atoms with van der Waals surface area (Å²) in [6.07, 6.45) is 1.01. The van der Waals surface area contributed by atoms with Crippen LogP contribution in [0.1, 0.15) is 18.4 Å². The Labute approximate surface area is 189 Å². The van der Waals surface area contributed by atoms with Crippen molar-refractivity contribution in [2.45, 2.75) is 24.3 Å². The molecule has 10 heteroatoms. The minimum absolute atomic E-state index is 0.00927. The molecule has 0 saturated carbocycles. The summed E-state index contributed by atoms with van der Waals surface area (Å²) in [5.74, 6) is -1.22. The molecule has 0 bridgehead atoms. The molecule has 2 aromatic carbocycles. The lowest BCUT2D eigenvalue weighted by Gasteiger charge is -2.30. The number of halogens is 1.